The summed E-state index contributed by atoms with van der Waals surface area (Å²) in [6.45, 7) is 6.74. The third-order valence-electron chi connectivity index (χ3n) is 3.74. The highest BCUT2D eigenvalue weighted by Gasteiger charge is 2.30. The third-order valence-corrected chi connectivity index (χ3v) is 3.74. The second-order valence-corrected chi connectivity index (χ2v) is 6.22. The summed E-state index contributed by atoms with van der Waals surface area (Å²) < 4.78 is 5.30. The van der Waals surface area contributed by atoms with Crippen LogP contribution in [0.15, 0.2) is 0 Å². The summed E-state index contributed by atoms with van der Waals surface area (Å²) in [5.74, 6) is -0.647. The fraction of sp³-hybridized carbons (Fsp3) is 0.857. The van der Waals surface area contributed by atoms with Gasteiger partial charge in [0.1, 0.15) is 6.10 Å². The smallest absolute Gasteiger partial charge is 0.306 e. The van der Waals surface area contributed by atoms with Gasteiger partial charge >= 0.3 is 11.9 Å². The van der Waals surface area contributed by atoms with Crippen LogP contribution in [0.5, 0.6) is 0 Å². The molecule has 0 bridgehead atoms. The minimum atomic E-state index is -0.955. The lowest BCUT2D eigenvalue weighted by atomic mass is 9.72. The van der Waals surface area contributed by atoms with Gasteiger partial charge in [0.15, 0.2) is 0 Å². The lowest BCUT2D eigenvalue weighted by Gasteiger charge is -2.36. The van der Waals surface area contributed by atoms with Crippen molar-refractivity contribution in [2.45, 2.75) is 65.4 Å². The summed E-state index contributed by atoms with van der Waals surface area (Å²) in [5.41, 5.74) is 0.318. The van der Waals surface area contributed by atoms with E-state index in [1.807, 2.05) is 0 Å². The minimum Gasteiger partial charge on any atom is -0.481 e. The van der Waals surface area contributed by atoms with Crippen molar-refractivity contribution in [3.8, 4) is 0 Å². The molecular weight excluding hydrogens is 232 g/mol. The van der Waals surface area contributed by atoms with E-state index in [0.29, 0.717) is 11.3 Å². The Hall–Kier alpha value is -1.06. The number of ether oxygens (including phenoxy) is 1. The highest BCUT2D eigenvalue weighted by atomic mass is 16.5. The first-order chi connectivity index (χ1) is 8.29. The average Bonchev–Trinajstić information content (AvgIpc) is 2.26. The quantitative estimate of drug-likeness (QED) is 0.785. The molecule has 0 aromatic heterocycles. The van der Waals surface area contributed by atoms with Crippen LogP contribution in [0.1, 0.15) is 59.3 Å². The largest absolute Gasteiger partial charge is 0.481 e. The molecule has 1 N–H and O–H groups in total. The summed E-state index contributed by atoms with van der Waals surface area (Å²) >= 11 is 0. The normalized spacial score (nSPS) is 24.6. The molecule has 0 heterocycles. The Labute approximate surface area is 109 Å². The van der Waals surface area contributed by atoms with Gasteiger partial charge in [0.25, 0.3) is 0 Å². The number of carboxylic acid groups (broad SMARTS) is 1. The van der Waals surface area contributed by atoms with Crippen LogP contribution in [0, 0.1) is 11.3 Å². The summed E-state index contributed by atoms with van der Waals surface area (Å²) in [7, 11) is 0. The van der Waals surface area contributed by atoms with E-state index in [0.717, 1.165) is 25.7 Å². The average molecular weight is 256 g/mol. The van der Waals surface area contributed by atoms with Crippen molar-refractivity contribution in [2.24, 2.45) is 11.3 Å². The van der Waals surface area contributed by atoms with Crippen molar-refractivity contribution in [3.05, 3.63) is 0 Å². The molecule has 0 spiro atoms. The summed E-state index contributed by atoms with van der Waals surface area (Å²) in [4.78, 5) is 21.8. The van der Waals surface area contributed by atoms with Crippen LogP contribution in [-0.4, -0.2) is 23.1 Å². The molecule has 0 aliphatic heterocycles. The topological polar surface area (TPSA) is 63.6 Å². The molecule has 1 aliphatic rings. The Bertz CT molecular complexity index is 295. The Kier molecular flexibility index (Phi) is 5.17. The first-order valence-electron chi connectivity index (χ1n) is 6.70. The van der Waals surface area contributed by atoms with Crippen molar-refractivity contribution in [2.75, 3.05) is 0 Å². The first kappa shape index (κ1) is 15.0. The standard InChI is InChI=1S/C14H24O4/c1-14(2,3)10-4-6-11(7-5-10)18-13(17)9-8-12(15)16/h10-11H,4-9H2,1-3H3,(H,15,16). The Morgan fingerprint density at radius 3 is 2.11 bits per heavy atom. The lowest BCUT2D eigenvalue weighted by Crippen LogP contribution is -2.30. The van der Waals surface area contributed by atoms with E-state index >= 15 is 0 Å². The van der Waals surface area contributed by atoms with Crippen molar-refractivity contribution in [1.82, 2.24) is 0 Å². The number of carbonyl (C=O) groups is 2. The number of hydrogen-bond donors (Lipinski definition) is 1. The first-order valence-corrected chi connectivity index (χ1v) is 6.70. The van der Waals surface area contributed by atoms with Crippen LogP contribution in [0.4, 0.5) is 0 Å². The second-order valence-electron chi connectivity index (χ2n) is 6.22. The molecule has 0 aromatic rings. The van der Waals surface area contributed by atoms with E-state index in [-0.39, 0.29) is 24.9 Å². The van der Waals surface area contributed by atoms with Gasteiger partial charge < -0.3 is 9.84 Å². The van der Waals surface area contributed by atoms with Crippen LogP contribution >= 0.6 is 0 Å². The summed E-state index contributed by atoms with van der Waals surface area (Å²) in [6, 6.07) is 0. The van der Waals surface area contributed by atoms with Gasteiger partial charge in [-0.05, 0) is 37.0 Å². The zero-order valence-corrected chi connectivity index (χ0v) is 11.6. The summed E-state index contributed by atoms with van der Waals surface area (Å²) in [6.07, 6.45) is 3.80. The van der Waals surface area contributed by atoms with Crippen molar-refractivity contribution in [3.63, 3.8) is 0 Å². The highest BCUT2D eigenvalue weighted by Crippen LogP contribution is 2.38. The predicted molar refractivity (Wildman–Crippen MR) is 68.2 cm³/mol. The summed E-state index contributed by atoms with van der Waals surface area (Å²) in [5, 5.41) is 8.48. The Balaban J connectivity index is 2.27. The van der Waals surface area contributed by atoms with Gasteiger partial charge in [-0.1, -0.05) is 20.8 Å². The van der Waals surface area contributed by atoms with Crippen LogP contribution in [0.2, 0.25) is 0 Å². The molecule has 1 aliphatic carbocycles. The van der Waals surface area contributed by atoms with Gasteiger partial charge in [-0.15, -0.1) is 0 Å². The van der Waals surface area contributed by atoms with E-state index in [9.17, 15) is 9.59 Å². The Morgan fingerprint density at radius 1 is 1.11 bits per heavy atom. The molecule has 0 radical (unpaired) electrons. The van der Waals surface area contributed by atoms with Gasteiger partial charge in [0.05, 0.1) is 12.8 Å². The molecule has 18 heavy (non-hydrogen) atoms. The third kappa shape index (κ3) is 5.07. The molecular formula is C14H24O4. The molecule has 0 saturated heterocycles. The molecule has 0 aromatic carbocycles. The lowest BCUT2D eigenvalue weighted by molar-refractivity contribution is -0.154. The van der Waals surface area contributed by atoms with E-state index in [4.69, 9.17) is 9.84 Å². The maximum absolute atomic E-state index is 11.4. The van der Waals surface area contributed by atoms with Gasteiger partial charge in [-0.3, -0.25) is 9.59 Å². The Morgan fingerprint density at radius 2 is 1.67 bits per heavy atom. The number of aliphatic carboxylic acids is 1. The van der Waals surface area contributed by atoms with Gasteiger partial charge in [0, 0.05) is 0 Å². The molecule has 4 nitrogen and oxygen atoms in total. The van der Waals surface area contributed by atoms with E-state index in [1.54, 1.807) is 0 Å². The molecule has 0 unspecified atom stereocenters. The van der Waals surface area contributed by atoms with Crippen molar-refractivity contribution in [1.29, 1.82) is 0 Å². The zero-order valence-electron chi connectivity index (χ0n) is 11.6. The van der Waals surface area contributed by atoms with Crippen LogP contribution < -0.4 is 0 Å². The van der Waals surface area contributed by atoms with Crippen LogP contribution in [0.25, 0.3) is 0 Å². The molecule has 1 fully saturated rings. The SMILES string of the molecule is CC(C)(C)C1CCC(OC(=O)CCC(=O)O)CC1. The number of rotatable bonds is 4. The maximum Gasteiger partial charge on any atom is 0.306 e. The number of esters is 1. The van der Waals surface area contributed by atoms with E-state index in [1.165, 1.54) is 0 Å². The number of hydrogen-bond acceptors (Lipinski definition) is 3. The van der Waals surface area contributed by atoms with E-state index < -0.39 is 5.97 Å². The minimum absolute atomic E-state index is 0.00936. The highest BCUT2D eigenvalue weighted by molar-refractivity contribution is 5.76. The predicted octanol–water partition coefficient (Wildman–Crippen LogP) is 3.00. The number of carboxylic acids is 1. The molecule has 104 valence electrons. The van der Waals surface area contributed by atoms with Crippen LogP contribution in [-0.2, 0) is 14.3 Å². The second kappa shape index (κ2) is 6.21. The van der Waals surface area contributed by atoms with Gasteiger partial charge in [-0.2, -0.15) is 0 Å². The van der Waals surface area contributed by atoms with Crippen molar-refractivity contribution >= 4 is 11.9 Å². The maximum atomic E-state index is 11.4. The fourth-order valence-corrected chi connectivity index (χ4v) is 2.50. The molecule has 0 amide bonds. The zero-order chi connectivity index (χ0) is 13.8. The van der Waals surface area contributed by atoms with Crippen LogP contribution in [0.3, 0.4) is 0 Å². The molecule has 1 rings (SSSR count). The molecule has 1 saturated carbocycles. The molecule has 4 heteroatoms. The van der Waals surface area contributed by atoms with Gasteiger partial charge in [-0.25, -0.2) is 0 Å². The molecule has 0 atom stereocenters. The van der Waals surface area contributed by atoms with Crippen molar-refractivity contribution < 1.29 is 19.4 Å². The monoisotopic (exact) mass is 256 g/mol. The van der Waals surface area contributed by atoms with E-state index in [2.05, 4.69) is 20.8 Å². The number of carbonyl (C=O) groups excluding carboxylic acids is 1. The fourth-order valence-electron chi connectivity index (χ4n) is 2.50. The van der Waals surface area contributed by atoms with Gasteiger partial charge in [0.2, 0.25) is 0 Å².